The highest BCUT2D eigenvalue weighted by Crippen LogP contribution is 2.19. The zero-order valence-corrected chi connectivity index (χ0v) is 11.5. The first-order valence-electron chi connectivity index (χ1n) is 6.86. The molecule has 0 spiro atoms. The molecule has 1 aliphatic heterocycles. The Morgan fingerprint density at radius 2 is 1.95 bits per heavy atom. The zero-order chi connectivity index (χ0) is 14.5. The van der Waals surface area contributed by atoms with Crippen molar-refractivity contribution in [2.75, 3.05) is 6.61 Å². The standard InChI is InChI=1S/C16H19NO3/c1-2-14-16(20)15(19)8-9-17(14)13(11-18)10-12-6-4-3-5-7-12/h3-9,13-14,18H,2,10-11H2,1H3/t13-,14?/m1/s1. The van der Waals surface area contributed by atoms with Crippen LogP contribution in [-0.2, 0) is 16.0 Å². The van der Waals surface area contributed by atoms with E-state index in [1.54, 1.807) is 6.20 Å². The van der Waals surface area contributed by atoms with Crippen LogP contribution in [0.3, 0.4) is 0 Å². The topological polar surface area (TPSA) is 57.6 Å². The molecule has 2 rings (SSSR count). The van der Waals surface area contributed by atoms with E-state index in [1.165, 1.54) is 6.08 Å². The number of aliphatic hydroxyl groups excluding tert-OH is 1. The number of hydrogen-bond acceptors (Lipinski definition) is 4. The average Bonchev–Trinajstić information content (AvgIpc) is 2.48. The highest BCUT2D eigenvalue weighted by molar-refractivity contribution is 6.43. The van der Waals surface area contributed by atoms with Crippen molar-refractivity contribution in [3.63, 3.8) is 0 Å². The lowest BCUT2D eigenvalue weighted by atomic mass is 9.96. The summed E-state index contributed by atoms with van der Waals surface area (Å²) < 4.78 is 0. The predicted octanol–water partition coefficient (Wildman–Crippen LogP) is 1.34. The Kier molecular flexibility index (Phi) is 4.69. The van der Waals surface area contributed by atoms with Crippen LogP contribution in [0.2, 0.25) is 0 Å². The number of ketones is 2. The first kappa shape index (κ1) is 14.5. The van der Waals surface area contributed by atoms with Crippen molar-refractivity contribution >= 4 is 11.6 Å². The summed E-state index contributed by atoms with van der Waals surface area (Å²) in [5, 5.41) is 9.63. The first-order chi connectivity index (χ1) is 9.67. The maximum atomic E-state index is 11.9. The summed E-state index contributed by atoms with van der Waals surface area (Å²) in [5.41, 5.74) is 1.10. The van der Waals surface area contributed by atoms with Crippen LogP contribution in [0, 0.1) is 0 Å². The van der Waals surface area contributed by atoms with E-state index in [9.17, 15) is 14.7 Å². The largest absolute Gasteiger partial charge is 0.394 e. The number of nitrogens with zero attached hydrogens (tertiary/aromatic N) is 1. The Morgan fingerprint density at radius 3 is 2.55 bits per heavy atom. The summed E-state index contributed by atoms with van der Waals surface area (Å²) in [4.78, 5) is 25.2. The Morgan fingerprint density at radius 1 is 1.25 bits per heavy atom. The third-order valence-electron chi connectivity index (χ3n) is 3.64. The van der Waals surface area contributed by atoms with Crippen molar-refractivity contribution in [1.82, 2.24) is 4.90 Å². The van der Waals surface area contributed by atoms with Crippen molar-refractivity contribution in [2.45, 2.75) is 31.8 Å². The molecule has 0 aliphatic carbocycles. The summed E-state index contributed by atoms with van der Waals surface area (Å²) in [5.74, 6) is -0.842. The van der Waals surface area contributed by atoms with E-state index in [1.807, 2.05) is 42.2 Å². The second-order valence-corrected chi connectivity index (χ2v) is 4.94. The lowest BCUT2D eigenvalue weighted by molar-refractivity contribution is -0.138. The van der Waals surface area contributed by atoms with Crippen LogP contribution in [0.5, 0.6) is 0 Å². The third-order valence-corrected chi connectivity index (χ3v) is 3.64. The SMILES string of the molecule is CCC1C(=O)C(=O)C=CN1[C@@H](CO)Cc1ccccc1. The Balaban J connectivity index is 2.20. The molecule has 4 nitrogen and oxygen atoms in total. The summed E-state index contributed by atoms with van der Waals surface area (Å²) in [7, 11) is 0. The van der Waals surface area contributed by atoms with Gasteiger partial charge in [-0.2, -0.15) is 0 Å². The highest BCUT2D eigenvalue weighted by atomic mass is 16.3. The molecule has 1 N–H and O–H groups in total. The molecule has 0 bridgehead atoms. The van der Waals surface area contributed by atoms with E-state index in [0.29, 0.717) is 12.8 Å². The van der Waals surface area contributed by atoms with Gasteiger partial charge in [0, 0.05) is 12.3 Å². The van der Waals surface area contributed by atoms with Gasteiger partial charge in [0.1, 0.15) is 0 Å². The first-order valence-corrected chi connectivity index (χ1v) is 6.86. The van der Waals surface area contributed by atoms with Crippen LogP contribution in [0.25, 0.3) is 0 Å². The second kappa shape index (κ2) is 6.48. The summed E-state index contributed by atoms with van der Waals surface area (Å²) in [6.07, 6.45) is 4.13. The Labute approximate surface area is 118 Å². The van der Waals surface area contributed by atoms with E-state index in [4.69, 9.17) is 0 Å². The molecule has 0 fully saturated rings. The summed E-state index contributed by atoms with van der Waals surface area (Å²) in [6.45, 7) is 1.82. The minimum atomic E-state index is -0.464. The van der Waals surface area contributed by atoms with Crippen molar-refractivity contribution < 1.29 is 14.7 Å². The van der Waals surface area contributed by atoms with Crippen LogP contribution >= 0.6 is 0 Å². The van der Waals surface area contributed by atoms with Crippen LogP contribution < -0.4 is 0 Å². The monoisotopic (exact) mass is 273 g/mol. The van der Waals surface area contributed by atoms with Gasteiger partial charge in [-0.3, -0.25) is 9.59 Å². The predicted molar refractivity (Wildman–Crippen MR) is 76.1 cm³/mol. The molecular weight excluding hydrogens is 254 g/mol. The average molecular weight is 273 g/mol. The molecule has 1 aromatic carbocycles. The Hall–Kier alpha value is -1.94. The fourth-order valence-corrected chi connectivity index (χ4v) is 2.56. The van der Waals surface area contributed by atoms with E-state index in [2.05, 4.69) is 0 Å². The summed E-state index contributed by atoms with van der Waals surface area (Å²) in [6, 6.07) is 9.15. The van der Waals surface area contributed by atoms with Gasteiger partial charge in [0.25, 0.3) is 0 Å². The van der Waals surface area contributed by atoms with Crippen LogP contribution in [0.15, 0.2) is 42.6 Å². The maximum Gasteiger partial charge on any atom is 0.225 e. The van der Waals surface area contributed by atoms with Gasteiger partial charge in [-0.25, -0.2) is 0 Å². The zero-order valence-electron chi connectivity index (χ0n) is 11.5. The van der Waals surface area contributed by atoms with E-state index >= 15 is 0 Å². The van der Waals surface area contributed by atoms with E-state index < -0.39 is 11.8 Å². The molecule has 0 saturated heterocycles. The van der Waals surface area contributed by atoms with Gasteiger partial charge in [-0.1, -0.05) is 37.3 Å². The number of aliphatic hydroxyl groups is 1. The smallest absolute Gasteiger partial charge is 0.225 e. The number of rotatable bonds is 5. The van der Waals surface area contributed by atoms with E-state index in [0.717, 1.165) is 5.56 Å². The number of Topliss-reactive ketones (excluding diaryl/α,β-unsaturated/α-hetero) is 1. The van der Waals surface area contributed by atoms with Crippen molar-refractivity contribution in [1.29, 1.82) is 0 Å². The fourth-order valence-electron chi connectivity index (χ4n) is 2.56. The molecule has 106 valence electrons. The molecule has 0 saturated carbocycles. The number of benzene rings is 1. The Bertz CT molecular complexity index is 510. The molecule has 0 amide bonds. The second-order valence-electron chi connectivity index (χ2n) is 4.94. The highest BCUT2D eigenvalue weighted by Gasteiger charge is 2.33. The van der Waals surface area contributed by atoms with Crippen molar-refractivity contribution in [3.8, 4) is 0 Å². The van der Waals surface area contributed by atoms with Gasteiger partial charge < -0.3 is 10.0 Å². The molecule has 2 atom stereocenters. The minimum Gasteiger partial charge on any atom is -0.394 e. The maximum absolute atomic E-state index is 11.9. The molecule has 4 heteroatoms. The number of carbonyl (C=O) groups is 2. The summed E-state index contributed by atoms with van der Waals surface area (Å²) >= 11 is 0. The van der Waals surface area contributed by atoms with Crippen LogP contribution in [-0.4, -0.2) is 40.3 Å². The number of hydrogen-bond donors (Lipinski definition) is 1. The van der Waals surface area contributed by atoms with Crippen molar-refractivity contribution in [3.05, 3.63) is 48.2 Å². The lowest BCUT2D eigenvalue weighted by Gasteiger charge is -2.37. The molecule has 1 aromatic rings. The van der Waals surface area contributed by atoms with Gasteiger partial charge in [0.15, 0.2) is 0 Å². The van der Waals surface area contributed by atoms with E-state index in [-0.39, 0.29) is 18.4 Å². The van der Waals surface area contributed by atoms with Gasteiger partial charge >= 0.3 is 0 Å². The molecule has 1 heterocycles. The lowest BCUT2D eigenvalue weighted by Crippen LogP contribution is -2.50. The molecular formula is C16H19NO3. The molecule has 20 heavy (non-hydrogen) atoms. The van der Waals surface area contributed by atoms with Gasteiger partial charge in [0.2, 0.25) is 11.6 Å². The third kappa shape index (κ3) is 2.96. The normalized spacial score (nSPS) is 20.3. The van der Waals surface area contributed by atoms with Crippen LogP contribution in [0.1, 0.15) is 18.9 Å². The van der Waals surface area contributed by atoms with Gasteiger partial charge in [-0.05, 0) is 18.4 Å². The van der Waals surface area contributed by atoms with Gasteiger partial charge in [0.05, 0.1) is 18.7 Å². The molecule has 0 radical (unpaired) electrons. The van der Waals surface area contributed by atoms with Crippen molar-refractivity contribution in [2.24, 2.45) is 0 Å². The molecule has 1 unspecified atom stereocenters. The quantitative estimate of drug-likeness (QED) is 0.822. The number of allylic oxidation sites excluding steroid dienone is 1. The van der Waals surface area contributed by atoms with Crippen LogP contribution in [0.4, 0.5) is 0 Å². The number of carbonyl (C=O) groups excluding carboxylic acids is 2. The molecule has 1 aliphatic rings. The minimum absolute atomic E-state index is 0.0583. The fraction of sp³-hybridized carbons (Fsp3) is 0.375. The molecule has 0 aromatic heterocycles. The van der Waals surface area contributed by atoms with Gasteiger partial charge in [-0.15, -0.1) is 0 Å².